The van der Waals surface area contributed by atoms with Crippen molar-refractivity contribution in [2.24, 2.45) is 16.7 Å². The van der Waals surface area contributed by atoms with Crippen LogP contribution in [0, 0.1) is 16.7 Å². The number of Topliss-reactive ketones (excluding diaryl/α,β-unsaturated/α-hetero) is 1. The number of esters is 5. The van der Waals surface area contributed by atoms with Crippen molar-refractivity contribution in [3.05, 3.63) is 149 Å². The summed E-state index contributed by atoms with van der Waals surface area (Å²) in [5, 5.41) is 71.3. The van der Waals surface area contributed by atoms with Crippen LogP contribution >= 0.6 is 0 Å². The number of anilines is 1. The van der Waals surface area contributed by atoms with Gasteiger partial charge in [0, 0.05) is 49.8 Å². The number of aliphatic carboxylic acids is 1. The van der Waals surface area contributed by atoms with Crippen molar-refractivity contribution >= 4 is 59.3 Å². The van der Waals surface area contributed by atoms with E-state index in [1.165, 1.54) is 76.2 Å². The SMILES string of the molecule is CC(=O)O[C@H]1C(=O)[C@@]2(C)[C@H]([C@H](OC(=O)c3ccccc3)[C@]3(O)C[C@H](OC(=O)[C@H](OC(=O)CCc4ccc(NC(=O)O[C@@H]5O[C@H](C(=O)O)[C@@H](O)[C@H](O)[C@H]5O)cc4)[C@@H](NC(=O)c4ccccc4)c4ccccc4)C(C)=C1C3(C)C)[C@]1(OC(C)=O)CO[C@@H]1C[C@@H]2O. The topological polar surface area (TPSA) is 373 Å². The lowest BCUT2D eigenvalue weighted by atomic mass is 9.44. The van der Waals surface area contributed by atoms with E-state index in [-0.39, 0.29) is 46.4 Å². The zero-order chi connectivity index (χ0) is 63.8. The van der Waals surface area contributed by atoms with Crippen LogP contribution in [0.1, 0.15) is 98.7 Å². The summed E-state index contributed by atoms with van der Waals surface area (Å²) in [5.41, 5.74) is -7.43. The van der Waals surface area contributed by atoms with Crippen LogP contribution in [0.3, 0.4) is 0 Å². The molecule has 2 saturated carbocycles. The van der Waals surface area contributed by atoms with Gasteiger partial charge >= 0.3 is 41.9 Å². The Hall–Kier alpha value is -8.43. The smallest absolute Gasteiger partial charge is 0.414 e. The number of fused-ring (bicyclic) bond motifs is 5. The molecule has 0 unspecified atom stereocenters. The molecule has 4 aromatic carbocycles. The lowest BCUT2D eigenvalue weighted by Gasteiger charge is -2.67. The summed E-state index contributed by atoms with van der Waals surface area (Å²) in [4.78, 5) is 125. The predicted octanol–water partition coefficient (Wildman–Crippen LogP) is 3.36. The number of carbonyl (C=O) groups excluding carboxylic acids is 8. The number of aliphatic hydroxyl groups excluding tert-OH is 4. The van der Waals surface area contributed by atoms with Crippen molar-refractivity contribution in [1.82, 2.24) is 5.32 Å². The molecular weight excluding hydrogens is 1150 g/mol. The van der Waals surface area contributed by atoms with Gasteiger partial charge < -0.3 is 73.9 Å². The molecule has 468 valence electrons. The average molecular weight is 1220 g/mol. The Kier molecular flexibility index (Phi) is 18.5. The summed E-state index contributed by atoms with van der Waals surface area (Å²) < 4.78 is 47.0. The van der Waals surface area contributed by atoms with E-state index in [0.29, 0.717) is 5.56 Å². The van der Waals surface area contributed by atoms with Gasteiger partial charge in [-0.2, -0.15) is 0 Å². The molecule has 25 heteroatoms. The quantitative estimate of drug-likeness (QED) is 0.0427. The summed E-state index contributed by atoms with van der Waals surface area (Å²) in [6.07, 6.45) is -23.2. The maximum atomic E-state index is 15.9. The van der Waals surface area contributed by atoms with Gasteiger partial charge in [-0.1, -0.05) is 92.7 Å². The number of ether oxygens (including phenoxy) is 8. The van der Waals surface area contributed by atoms with Crippen LogP contribution < -0.4 is 10.6 Å². The molecule has 4 aromatic rings. The van der Waals surface area contributed by atoms with Crippen molar-refractivity contribution in [2.75, 3.05) is 11.9 Å². The molecule has 0 radical (unpaired) electrons. The normalized spacial score (nSPS) is 30.9. The third-order valence-corrected chi connectivity index (χ3v) is 17.6. The highest BCUT2D eigenvalue weighted by molar-refractivity contribution is 5.96. The largest absolute Gasteiger partial charge is 0.479 e. The lowest BCUT2D eigenvalue weighted by Crippen LogP contribution is -2.82. The number of carboxylic acids is 1. The molecule has 2 aliphatic heterocycles. The van der Waals surface area contributed by atoms with Gasteiger partial charge in [0.15, 0.2) is 23.6 Å². The number of benzene rings is 4. The molecule has 5 aliphatic rings. The van der Waals surface area contributed by atoms with Gasteiger partial charge in [-0.25, -0.2) is 19.2 Å². The van der Waals surface area contributed by atoms with Crippen LogP contribution in [0.2, 0.25) is 0 Å². The average Bonchev–Trinajstić information content (AvgIpc) is 0.672. The first-order chi connectivity index (χ1) is 41.6. The van der Waals surface area contributed by atoms with E-state index in [0.717, 1.165) is 13.8 Å². The van der Waals surface area contributed by atoms with E-state index >= 15 is 9.59 Å². The molecule has 2 amide bonds. The Morgan fingerprint density at radius 1 is 0.739 bits per heavy atom. The molecule has 8 N–H and O–H groups in total. The summed E-state index contributed by atoms with van der Waals surface area (Å²) in [7, 11) is 0. The van der Waals surface area contributed by atoms with Crippen molar-refractivity contribution in [3.8, 4) is 0 Å². The van der Waals surface area contributed by atoms with Crippen molar-refractivity contribution < 1.29 is 112 Å². The van der Waals surface area contributed by atoms with Crippen LogP contribution in [0.4, 0.5) is 10.5 Å². The second kappa shape index (κ2) is 25.3. The van der Waals surface area contributed by atoms with Gasteiger partial charge in [-0.3, -0.25) is 29.3 Å². The maximum absolute atomic E-state index is 15.9. The third kappa shape index (κ3) is 12.1. The second-order valence-electron chi connectivity index (χ2n) is 23.3. The fraction of sp³-hybridized carbons (Fsp3) is 0.444. The first-order valence-corrected chi connectivity index (χ1v) is 28.3. The van der Waals surface area contributed by atoms with Crippen LogP contribution in [-0.4, -0.2) is 169 Å². The van der Waals surface area contributed by atoms with Crippen molar-refractivity contribution in [2.45, 2.75) is 152 Å². The molecule has 4 fully saturated rings. The number of carboxylic acid groups (broad SMARTS) is 1. The minimum atomic E-state index is -2.55. The molecular formula is C63H68N2O23. The number of aryl methyl sites for hydroxylation is 1. The van der Waals surface area contributed by atoms with Crippen LogP contribution in [0.15, 0.2) is 126 Å². The Morgan fingerprint density at radius 3 is 1.93 bits per heavy atom. The fourth-order valence-corrected chi connectivity index (χ4v) is 12.9. The van der Waals surface area contributed by atoms with Gasteiger partial charge in [0.05, 0.1) is 29.6 Å². The summed E-state index contributed by atoms with van der Waals surface area (Å²) in [6.45, 7) is 7.62. The Balaban J connectivity index is 1.07. The molecule has 0 aromatic heterocycles. The van der Waals surface area contributed by atoms with Gasteiger partial charge in [-0.05, 0) is 78.9 Å². The molecule has 2 heterocycles. The molecule has 3 aliphatic carbocycles. The summed E-state index contributed by atoms with van der Waals surface area (Å²) >= 11 is 0. The van der Waals surface area contributed by atoms with Crippen molar-refractivity contribution in [1.29, 1.82) is 0 Å². The zero-order valence-electron chi connectivity index (χ0n) is 48.6. The molecule has 0 spiro atoms. The van der Waals surface area contributed by atoms with E-state index in [1.54, 1.807) is 66.7 Å². The molecule has 2 saturated heterocycles. The van der Waals surface area contributed by atoms with Gasteiger partial charge in [-0.15, -0.1) is 0 Å². The first-order valence-electron chi connectivity index (χ1n) is 28.3. The van der Waals surface area contributed by atoms with Crippen LogP contribution in [0.25, 0.3) is 0 Å². The Labute approximate surface area is 503 Å². The van der Waals surface area contributed by atoms with Crippen LogP contribution in [-0.2, 0) is 73.1 Å². The number of rotatable bonds is 17. The number of carbonyl (C=O) groups is 9. The van der Waals surface area contributed by atoms with Gasteiger partial charge in [0.25, 0.3) is 5.91 Å². The predicted molar refractivity (Wildman–Crippen MR) is 301 cm³/mol. The van der Waals surface area contributed by atoms with Crippen molar-refractivity contribution in [3.63, 3.8) is 0 Å². The molecule has 2 bridgehead atoms. The van der Waals surface area contributed by atoms with Crippen LogP contribution in [0.5, 0.6) is 0 Å². The van der Waals surface area contributed by atoms with E-state index < -0.39 is 174 Å². The monoisotopic (exact) mass is 1220 g/mol. The molecule has 88 heavy (non-hydrogen) atoms. The number of hydrogen-bond donors (Lipinski definition) is 8. The number of amides is 2. The van der Waals surface area contributed by atoms with E-state index in [4.69, 9.17) is 37.9 Å². The maximum Gasteiger partial charge on any atom is 0.414 e. The highest BCUT2D eigenvalue weighted by atomic mass is 16.7. The summed E-state index contributed by atoms with van der Waals surface area (Å²) in [6, 6.07) is 27.9. The lowest BCUT2D eigenvalue weighted by molar-refractivity contribution is -0.346. The number of hydrogen-bond acceptors (Lipinski definition) is 22. The Morgan fingerprint density at radius 2 is 1.35 bits per heavy atom. The van der Waals surface area contributed by atoms with Gasteiger partial charge in [0.1, 0.15) is 48.3 Å². The number of nitrogens with one attached hydrogen (secondary N) is 2. The Bertz CT molecular complexity index is 3360. The molecule has 25 nitrogen and oxygen atoms in total. The minimum Gasteiger partial charge on any atom is -0.479 e. The van der Waals surface area contributed by atoms with Gasteiger partial charge in [0.2, 0.25) is 12.4 Å². The highest BCUT2D eigenvalue weighted by Crippen LogP contribution is 2.64. The van der Waals surface area contributed by atoms with E-state index in [9.17, 15) is 64.2 Å². The van der Waals surface area contributed by atoms with E-state index in [2.05, 4.69) is 10.6 Å². The number of aliphatic hydroxyl groups is 5. The first kappa shape index (κ1) is 64.1. The molecule has 9 rings (SSSR count). The standard InChI is InChI=1S/C63H68N2O23/c1-31-39(29-63(80)53(86-56(77)37-20-14-9-15-21-37)51-61(6,40(68)28-41-62(51,30-81-41)88-33(3)67)52(73)48(82-32(2)66)43(31)60(63,4)5)83-57(78)49(44(35-16-10-7-11-17-35)65-54(74)36-18-12-8-13-19-36)84-42(69)27-24-34-22-25-38(26-23-34)64-59(79)87-58-47(72)45(70)46(71)50(85-58)55(75)76/h7-23,25-26,39-41,44-51,53,58,68,70-72,80H,24,27-30H2,1-6H3,(H,64,79)(H,65,74)(H,75,76)/t39-,40-,41+,44-,45-,46-,47+,48+,49+,50-,51-,53-,58-,61+,62-,63+/m0/s1. The highest BCUT2D eigenvalue weighted by Gasteiger charge is 2.78. The van der Waals surface area contributed by atoms with E-state index in [1.807, 2.05) is 0 Å². The minimum absolute atomic E-state index is 0.000780. The number of ketones is 1. The third-order valence-electron chi connectivity index (χ3n) is 17.6. The second-order valence-corrected chi connectivity index (χ2v) is 23.3. The fourth-order valence-electron chi connectivity index (χ4n) is 12.9. The summed E-state index contributed by atoms with van der Waals surface area (Å²) in [5.74, 6) is -10.1. The zero-order valence-corrected chi connectivity index (χ0v) is 48.6. The molecule has 16 atom stereocenters.